The van der Waals surface area contributed by atoms with Crippen molar-refractivity contribution in [3.63, 3.8) is 0 Å². The van der Waals surface area contributed by atoms with Crippen LogP contribution in [-0.2, 0) is 0 Å². The van der Waals surface area contributed by atoms with Crippen molar-refractivity contribution < 1.29 is 0 Å². The van der Waals surface area contributed by atoms with Crippen LogP contribution < -0.4 is 4.90 Å². The summed E-state index contributed by atoms with van der Waals surface area (Å²) in [5.74, 6) is 0.903. The lowest BCUT2D eigenvalue weighted by molar-refractivity contribution is 0.780. The van der Waals surface area contributed by atoms with Crippen molar-refractivity contribution in [2.24, 2.45) is 0 Å². The molecule has 0 spiro atoms. The third kappa shape index (κ3) is 2.09. The summed E-state index contributed by atoms with van der Waals surface area (Å²) in [7, 11) is 0. The molecule has 0 amide bonds. The lowest BCUT2D eigenvalue weighted by Crippen LogP contribution is -2.27. The van der Waals surface area contributed by atoms with Crippen LogP contribution in [0.4, 0.5) is 5.82 Å². The van der Waals surface area contributed by atoms with E-state index in [9.17, 15) is 0 Å². The number of anilines is 1. The Balaban J connectivity index is 1.93. The molecule has 0 atom stereocenters. The van der Waals surface area contributed by atoms with E-state index < -0.39 is 0 Å². The minimum absolute atomic E-state index is 0.524. The van der Waals surface area contributed by atoms with Crippen LogP contribution in [0.5, 0.6) is 0 Å². The molecule has 3 rings (SSSR count). The number of hydrogen-bond donors (Lipinski definition) is 0. The van der Waals surface area contributed by atoms with E-state index in [1.54, 1.807) is 12.4 Å². The zero-order chi connectivity index (χ0) is 12.4. The van der Waals surface area contributed by atoms with Crippen molar-refractivity contribution in [3.8, 4) is 6.07 Å². The highest BCUT2D eigenvalue weighted by Crippen LogP contribution is 2.31. The van der Waals surface area contributed by atoms with Gasteiger partial charge < -0.3 is 4.90 Å². The number of aromatic nitrogens is 3. The Kier molecular flexibility index (Phi) is 2.77. The second-order valence-electron chi connectivity index (χ2n) is 4.40. The molecule has 2 aromatic rings. The van der Waals surface area contributed by atoms with Crippen molar-refractivity contribution in [2.45, 2.75) is 25.3 Å². The minimum Gasteiger partial charge on any atom is -0.353 e. The summed E-state index contributed by atoms with van der Waals surface area (Å²) >= 11 is 0. The number of fused-ring (bicyclic) bond motifs is 1. The van der Waals surface area contributed by atoms with E-state index in [2.05, 4.69) is 25.9 Å². The number of nitriles is 1. The topological polar surface area (TPSA) is 65.7 Å². The van der Waals surface area contributed by atoms with Crippen LogP contribution in [0.15, 0.2) is 24.5 Å². The monoisotopic (exact) mass is 239 g/mol. The van der Waals surface area contributed by atoms with Gasteiger partial charge >= 0.3 is 0 Å². The highest BCUT2D eigenvalue weighted by Gasteiger charge is 2.29. The molecule has 0 aliphatic heterocycles. The van der Waals surface area contributed by atoms with E-state index in [1.807, 2.05) is 12.1 Å². The standard InChI is InChI=1S/C13H13N5/c14-6-1-9-18(10-2-3-10)12-5-4-11-13(17-12)16-8-7-15-11/h4-5,7-8,10H,1-3,9H2. The van der Waals surface area contributed by atoms with Gasteiger partial charge in [-0.15, -0.1) is 0 Å². The van der Waals surface area contributed by atoms with Gasteiger partial charge in [-0.25, -0.2) is 9.97 Å². The number of pyridine rings is 1. The van der Waals surface area contributed by atoms with E-state index in [-0.39, 0.29) is 0 Å². The molecule has 2 heterocycles. The summed E-state index contributed by atoms with van der Waals surface area (Å²) in [6.45, 7) is 0.736. The Morgan fingerprint density at radius 3 is 2.89 bits per heavy atom. The summed E-state index contributed by atoms with van der Waals surface area (Å²) < 4.78 is 0. The quantitative estimate of drug-likeness (QED) is 0.815. The zero-order valence-electron chi connectivity index (χ0n) is 9.95. The number of rotatable bonds is 4. The predicted molar refractivity (Wildman–Crippen MR) is 67.9 cm³/mol. The lowest BCUT2D eigenvalue weighted by atomic mass is 10.3. The smallest absolute Gasteiger partial charge is 0.180 e. The van der Waals surface area contributed by atoms with Crippen molar-refractivity contribution >= 4 is 17.0 Å². The first kappa shape index (κ1) is 10.9. The summed E-state index contributed by atoms with van der Waals surface area (Å²) in [4.78, 5) is 15.2. The second-order valence-corrected chi connectivity index (χ2v) is 4.40. The highest BCUT2D eigenvalue weighted by molar-refractivity contribution is 5.71. The first-order valence-corrected chi connectivity index (χ1v) is 6.10. The van der Waals surface area contributed by atoms with E-state index in [0.717, 1.165) is 17.9 Å². The van der Waals surface area contributed by atoms with Gasteiger partial charge in [0.15, 0.2) is 5.65 Å². The molecule has 1 fully saturated rings. The molecule has 5 nitrogen and oxygen atoms in total. The van der Waals surface area contributed by atoms with Gasteiger partial charge in [-0.05, 0) is 25.0 Å². The molecule has 0 bridgehead atoms. The summed E-state index contributed by atoms with van der Waals surface area (Å²) in [6, 6.07) is 6.63. The molecule has 0 unspecified atom stereocenters. The Morgan fingerprint density at radius 1 is 1.28 bits per heavy atom. The largest absolute Gasteiger partial charge is 0.353 e. The molecule has 1 saturated carbocycles. The van der Waals surface area contributed by atoms with Gasteiger partial charge in [0.25, 0.3) is 0 Å². The molecule has 0 saturated heterocycles. The molecule has 1 aliphatic carbocycles. The number of nitrogens with zero attached hydrogens (tertiary/aromatic N) is 5. The van der Waals surface area contributed by atoms with Gasteiger partial charge in [0.1, 0.15) is 11.3 Å². The van der Waals surface area contributed by atoms with E-state index in [1.165, 1.54) is 12.8 Å². The first-order valence-electron chi connectivity index (χ1n) is 6.10. The van der Waals surface area contributed by atoms with Crippen LogP contribution in [0.2, 0.25) is 0 Å². The SMILES string of the molecule is N#CCCN(c1ccc2nccnc2n1)C1CC1. The van der Waals surface area contributed by atoms with E-state index >= 15 is 0 Å². The van der Waals surface area contributed by atoms with Crippen LogP contribution in [0.25, 0.3) is 11.2 Å². The van der Waals surface area contributed by atoms with Gasteiger partial charge in [-0.2, -0.15) is 5.26 Å². The maximum atomic E-state index is 8.72. The van der Waals surface area contributed by atoms with E-state index in [4.69, 9.17) is 5.26 Å². The van der Waals surface area contributed by atoms with Gasteiger partial charge in [-0.1, -0.05) is 0 Å². The van der Waals surface area contributed by atoms with Crippen LogP contribution in [0.1, 0.15) is 19.3 Å². The lowest BCUT2D eigenvalue weighted by Gasteiger charge is -2.22. The van der Waals surface area contributed by atoms with Gasteiger partial charge in [0.2, 0.25) is 0 Å². The maximum Gasteiger partial charge on any atom is 0.180 e. The van der Waals surface area contributed by atoms with Crippen LogP contribution in [-0.4, -0.2) is 27.5 Å². The second kappa shape index (κ2) is 4.57. The molecule has 1 aliphatic rings. The average molecular weight is 239 g/mol. The van der Waals surface area contributed by atoms with Crippen molar-refractivity contribution in [3.05, 3.63) is 24.5 Å². The summed E-state index contributed by atoms with van der Waals surface area (Å²) in [5.41, 5.74) is 1.47. The third-order valence-corrected chi connectivity index (χ3v) is 3.06. The average Bonchev–Trinajstić information content (AvgIpc) is 3.24. The Bertz CT molecular complexity index is 600. The van der Waals surface area contributed by atoms with Crippen molar-refractivity contribution in [1.29, 1.82) is 5.26 Å². The highest BCUT2D eigenvalue weighted by atomic mass is 15.2. The Labute approximate surface area is 105 Å². The fourth-order valence-electron chi connectivity index (χ4n) is 2.05. The van der Waals surface area contributed by atoms with Crippen LogP contribution in [0, 0.1) is 11.3 Å². The molecular weight excluding hydrogens is 226 g/mol. The third-order valence-electron chi connectivity index (χ3n) is 3.06. The molecule has 0 radical (unpaired) electrons. The molecular formula is C13H13N5. The fraction of sp³-hybridized carbons (Fsp3) is 0.385. The number of hydrogen-bond acceptors (Lipinski definition) is 5. The molecule has 5 heteroatoms. The summed E-state index contributed by atoms with van der Waals surface area (Å²) in [5, 5.41) is 8.72. The first-order chi connectivity index (χ1) is 8.88. The Hall–Kier alpha value is -2.22. The molecule has 0 aromatic carbocycles. The fourth-order valence-corrected chi connectivity index (χ4v) is 2.05. The normalized spacial score (nSPS) is 14.4. The van der Waals surface area contributed by atoms with Gasteiger partial charge in [-0.3, -0.25) is 4.98 Å². The van der Waals surface area contributed by atoms with Crippen LogP contribution in [0.3, 0.4) is 0 Å². The predicted octanol–water partition coefficient (Wildman–Crippen LogP) is 1.91. The van der Waals surface area contributed by atoms with Gasteiger partial charge in [0.05, 0.1) is 12.5 Å². The maximum absolute atomic E-state index is 8.72. The zero-order valence-corrected chi connectivity index (χ0v) is 9.95. The molecule has 90 valence electrons. The minimum atomic E-state index is 0.524. The Morgan fingerprint density at radius 2 is 2.11 bits per heavy atom. The van der Waals surface area contributed by atoms with Gasteiger partial charge in [0, 0.05) is 25.0 Å². The molecule has 18 heavy (non-hydrogen) atoms. The molecule has 2 aromatic heterocycles. The van der Waals surface area contributed by atoms with Crippen LogP contribution >= 0.6 is 0 Å². The summed E-state index contributed by atoms with van der Waals surface area (Å²) in [6.07, 6.45) is 6.21. The van der Waals surface area contributed by atoms with Crippen molar-refractivity contribution in [1.82, 2.24) is 15.0 Å². The molecule has 0 N–H and O–H groups in total. The van der Waals surface area contributed by atoms with E-state index in [0.29, 0.717) is 18.1 Å². The van der Waals surface area contributed by atoms with Crippen molar-refractivity contribution in [2.75, 3.05) is 11.4 Å².